The van der Waals surface area contributed by atoms with Crippen molar-refractivity contribution in [1.29, 1.82) is 0 Å². The van der Waals surface area contributed by atoms with Gasteiger partial charge in [-0.2, -0.15) is 0 Å². The number of nitrogens with zero attached hydrogens (tertiary/aromatic N) is 4. The van der Waals surface area contributed by atoms with Gasteiger partial charge in [-0.1, -0.05) is 26.5 Å². The highest BCUT2D eigenvalue weighted by atomic mass is 16.1. The van der Waals surface area contributed by atoms with Crippen molar-refractivity contribution >= 4 is 5.95 Å². The van der Waals surface area contributed by atoms with Gasteiger partial charge in [-0.15, -0.1) is 0 Å². The summed E-state index contributed by atoms with van der Waals surface area (Å²) < 4.78 is 3.63. The maximum absolute atomic E-state index is 13.4. The van der Waals surface area contributed by atoms with Crippen molar-refractivity contribution in [3.63, 3.8) is 0 Å². The quantitative estimate of drug-likeness (QED) is 0.540. The van der Waals surface area contributed by atoms with Gasteiger partial charge >= 0.3 is 5.69 Å². The lowest BCUT2D eigenvalue weighted by Gasteiger charge is -2.26. The first-order valence-corrected chi connectivity index (χ1v) is 11.4. The predicted molar refractivity (Wildman–Crippen MR) is 133 cm³/mol. The fourth-order valence-corrected chi connectivity index (χ4v) is 4.68. The summed E-state index contributed by atoms with van der Waals surface area (Å²) in [5.74, 6) is 1.43. The van der Waals surface area contributed by atoms with Crippen molar-refractivity contribution in [2.75, 3.05) is 5.32 Å². The summed E-state index contributed by atoms with van der Waals surface area (Å²) in [4.78, 5) is 22.8. The third-order valence-electron chi connectivity index (χ3n) is 6.35. The zero-order valence-electron chi connectivity index (χ0n) is 19.2. The van der Waals surface area contributed by atoms with E-state index < -0.39 is 0 Å². The van der Waals surface area contributed by atoms with Crippen LogP contribution in [0.1, 0.15) is 71.2 Å². The lowest BCUT2D eigenvalue weighted by Crippen LogP contribution is -2.26. The van der Waals surface area contributed by atoms with E-state index >= 15 is 0 Å². The van der Waals surface area contributed by atoms with Gasteiger partial charge in [0.15, 0.2) is 0 Å². The number of rotatable bonds is 5. The van der Waals surface area contributed by atoms with Crippen molar-refractivity contribution in [2.24, 2.45) is 5.92 Å². The van der Waals surface area contributed by atoms with E-state index in [2.05, 4.69) is 17.2 Å². The average molecular weight is 436 g/mol. The molecule has 3 aromatic rings. The largest absolute Gasteiger partial charge is 0.351 e. The van der Waals surface area contributed by atoms with Crippen molar-refractivity contribution in [2.45, 2.75) is 79.8 Å². The summed E-state index contributed by atoms with van der Waals surface area (Å²) in [6.45, 7) is 10.4. The van der Waals surface area contributed by atoms with Crippen LogP contribution in [0.25, 0.3) is 17.1 Å². The van der Waals surface area contributed by atoms with Crippen LogP contribution in [0.15, 0.2) is 41.3 Å². The molecule has 2 aromatic heterocycles. The van der Waals surface area contributed by atoms with Crippen molar-refractivity contribution in [3.8, 4) is 17.1 Å². The van der Waals surface area contributed by atoms with Crippen LogP contribution in [0.3, 0.4) is 0 Å². The van der Waals surface area contributed by atoms with Crippen LogP contribution in [0, 0.1) is 19.8 Å². The SMILES string of the molecule is C.Cc1cccc(-n2c(-c3ccnc(NC4CCC(C)CC4)n3)c(C)n(C(C)C)c2=O)c1. The molecule has 0 unspecified atom stereocenters. The van der Waals surface area contributed by atoms with Gasteiger partial charge < -0.3 is 5.32 Å². The molecule has 1 saturated carbocycles. The molecular weight excluding hydrogens is 398 g/mol. The van der Waals surface area contributed by atoms with E-state index in [0.717, 1.165) is 47.1 Å². The van der Waals surface area contributed by atoms with Crippen LogP contribution in [0.2, 0.25) is 0 Å². The molecule has 6 heteroatoms. The zero-order valence-corrected chi connectivity index (χ0v) is 19.2. The molecule has 0 aliphatic heterocycles. The first-order chi connectivity index (χ1) is 14.8. The fraction of sp³-hybridized carbons (Fsp3) is 0.500. The Morgan fingerprint density at radius 2 is 1.81 bits per heavy atom. The molecule has 0 saturated heterocycles. The Morgan fingerprint density at radius 1 is 1.09 bits per heavy atom. The average Bonchev–Trinajstić information content (AvgIpc) is 3.00. The van der Waals surface area contributed by atoms with Crippen LogP contribution >= 0.6 is 0 Å². The van der Waals surface area contributed by atoms with E-state index in [4.69, 9.17) is 4.98 Å². The van der Waals surface area contributed by atoms with Gasteiger partial charge in [0, 0.05) is 24.0 Å². The minimum atomic E-state index is -0.0394. The fourth-order valence-electron chi connectivity index (χ4n) is 4.68. The molecule has 2 heterocycles. The summed E-state index contributed by atoms with van der Waals surface area (Å²) in [6, 6.07) is 10.4. The van der Waals surface area contributed by atoms with Crippen molar-refractivity contribution in [1.82, 2.24) is 19.1 Å². The molecule has 1 aromatic carbocycles. The van der Waals surface area contributed by atoms with E-state index in [9.17, 15) is 4.79 Å². The first-order valence-electron chi connectivity index (χ1n) is 11.4. The Kier molecular flexibility index (Phi) is 7.22. The van der Waals surface area contributed by atoms with E-state index in [0.29, 0.717) is 12.0 Å². The van der Waals surface area contributed by atoms with Crippen LogP contribution in [-0.4, -0.2) is 25.1 Å². The molecule has 6 nitrogen and oxygen atoms in total. The van der Waals surface area contributed by atoms with E-state index in [1.807, 2.05) is 62.6 Å². The number of anilines is 1. The summed E-state index contributed by atoms with van der Waals surface area (Å²) in [5.41, 5.74) is 4.43. The molecule has 0 amide bonds. The summed E-state index contributed by atoms with van der Waals surface area (Å²) in [7, 11) is 0. The van der Waals surface area contributed by atoms with Crippen molar-refractivity contribution < 1.29 is 0 Å². The monoisotopic (exact) mass is 435 g/mol. The molecule has 1 N–H and O–H groups in total. The molecule has 4 rings (SSSR count). The van der Waals surface area contributed by atoms with Gasteiger partial charge in [0.1, 0.15) is 0 Å². The molecular formula is C26H37N5O. The molecule has 1 aliphatic carbocycles. The second-order valence-corrected chi connectivity index (χ2v) is 9.22. The number of aromatic nitrogens is 4. The Bertz CT molecular complexity index is 1120. The second-order valence-electron chi connectivity index (χ2n) is 9.22. The Hall–Kier alpha value is -2.89. The zero-order chi connectivity index (χ0) is 22.1. The lowest BCUT2D eigenvalue weighted by molar-refractivity contribution is 0.360. The highest BCUT2D eigenvalue weighted by Crippen LogP contribution is 2.28. The van der Waals surface area contributed by atoms with Gasteiger partial charge in [-0.05, 0) is 83.1 Å². The topological polar surface area (TPSA) is 64.7 Å². The van der Waals surface area contributed by atoms with Crippen LogP contribution in [0.4, 0.5) is 5.95 Å². The first kappa shape index (κ1) is 23.8. The van der Waals surface area contributed by atoms with Gasteiger partial charge in [0.05, 0.1) is 17.1 Å². The van der Waals surface area contributed by atoms with Crippen LogP contribution in [0.5, 0.6) is 0 Å². The molecule has 0 atom stereocenters. The minimum Gasteiger partial charge on any atom is -0.351 e. The molecule has 32 heavy (non-hydrogen) atoms. The van der Waals surface area contributed by atoms with E-state index in [1.165, 1.54) is 12.8 Å². The van der Waals surface area contributed by atoms with Crippen LogP contribution < -0.4 is 11.0 Å². The number of hydrogen-bond donors (Lipinski definition) is 1. The number of imidazole rings is 1. The third kappa shape index (κ3) is 4.64. The normalized spacial score (nSPS) is 18.4. The standard InChI is InChI=1S/C25H33N5O.CH4/c1-16(2)29-19(5)23(30(25(29)31)21-8-6-7-18(4)15-21)22-13-14-26-24(28-22)27-20-11-9-17(3)10-12-20;/h6-8,13-17,20H,9-12H2,1-5H3,(H,26,27,28);1H4. The Labute approximate surface area is 191 Å². The lowest BCUT2D eigenvalue weighted by atomic mass is 9.87. The molecule has 172 valence electrons. The minimum absolute atomic E-state index is 0. The number of nitrogens with one attached hydrogen (secondary N) is 1. The summed E-state index contributed by atoms with van der Waals surface area (Å²) >= 11 is 0. The molecule has 0 spiro atoms. The van der Waals surface area contributed by atoms with E-state index in [-0.39, 0.29) is 19.2 Å². The van der Waals surface area contributed by atoms with Gasteiger partial charge in [-0.3, -0.25) is 9.13 Å². The smallest absolute Gasteiger partial charge is 0.333 e. The predicted octanol–water partition coefficient (Wildman–Crippen LogP) is 5.92. The highest BCUT2D eigenvalue weighted by Gasteiger charge is 2.23. The van der Waals surface area contributed by atoms with Gasteiger partial charge in [-0.25, -0.2) is 14.8 Å². The summed E-state index contributed by atoms with van der Waals surface area (Å²) in [6.07, 6.45) is 6.55. The molecule has 1 aliphatic rings. The van der Waals surface area contributed by atoms with Crippen LogP contribution in [-0.2, 0) is 0 Å². The maximum atomic E-state index is 13.4. The van der Waals surface area contributed by atoms with Gasteiger partial charge in [0.25, 0.3) is 0 Å². The Morgan fingerprint density at radius 3 is 2.47 bits per heavy atom. The number of benzene rings is 1. The maximum Gasteiger partial charge on any atom is 0.333 e. The van der Waals surface area contributed by atoms with E-state index in [1.54, 1.807) is 10.8 Å². The molecule has 1 fully saturated rings. The van der Waals surface area contributed by atoms with Gasteiger partial charge in [0.2, 0.25) is 5.95 Å². The third-order valence-corrected chi connectivity index (χ3v) is 6.35. The molecule has 0 bridgehead atoms. The van der Waals surface area contributed by atoms with Crippen molar-refractivity contribution in [3.05, 3.63) is 58.3 Å². The molecule has 0 radical (unpaired) electrons. The highest BCUT2D eigenvalue weighted by molar-refractivity contribution is 5.62. The second kappa shape index (κ2) is 9.72. The Balaban J connectivity index is 0.00000289. The number of aryl methyl sites for hydroxylation is 1. The number of hydrogen-bond acceptors (Lipinski definition) is 4. The summed E-state index contributed by atoms with van der Waals surface area (Å²) in [5, 5.41) is 3.53.